The Balaban J connectivity index is 1.50. The van der Waals surface area contributed by atoms with Gasteiger partial charge in [-0.2, -0.15) is 5.10 Å². The molecule has 4 atom stereocenters. The number of aliphatic hydroxyl groups excluding tert-OH is 1. The lowest BCUT2D eigenvalue weighted by Gasteiger charge is -2.35. The fourth-order valence-corrected chi connectivity index (χ4v) is 6.14. The second-order valence-electron chi connectivity index (χ2n) is 11.7. The van der Waals surface area contributed by atoms with Crippen molar-refractivity contribution in [2.24, 2.45) is 0 Å². The van der Waals surface area contributed by atoms with Gasteiger partial charge in [-0.05, 0) is 68.7 Å². The van der Waals surface area contributed by atoms with E-state index in [4.69, 9.17) is 4.74 Å². The van der Waals surface area contributed by atoms with Crippen molar-refractivity contribution >= 4 is 11.8 Å². The number of piperidine rings is 1. The Hall–Kier alpha value is -3.69. The SMILES string of the molecule is CCCC1CCCCN1C(=O)c1cc(C(=O)N[C@@H](Cc2ccccc2)[C@@H](O)CN[C@@H](CC)c2cccc(OC)c2)nn1CC. The summed E-state index contributed by atoms with van der Waals surface area (Å²) in [7, 11) is 1.65. The van der Waals surface area contributed by atoms with E-state index in [0.717, 1.165) is 61.9 Å². The summed E-state index contributed by atoms with van der Waals surface area (Å²) in [6, 6.07) is 19.0. The third-order valence-corrected chi connectivity index (χ3v) is 8.60. The second-order valence-corrected chi connectivity index (χ2v) is 11.7. The zero-order valence-corrected chi connectivity index (χ0v) is 26.7. The molecule has 1 aliphatic rings. The van der Waals surface area contributed by atoms with E-state index in [0.29, 0.717) is 18.7 Å². The molecule has 3 aromatic rings. The lowest BCUT2D eigenvalue weighted by molar-refractivity contribution is 0.0588. The van der Waals surface area contributed by atoms with Crippen LogP contribution in [-0.4, -0.2) is 70.0 Å². The van der Waals surface area contributed by atoms with Gasteiger partial charge in [0.25, 0.3) is 11.8 Å². The summed E-state index contributed by atoms with van der Waals surface area (Å²) in [5, 5.41) is 22.5. The number of carbonyl (C=O) groups is 2. The predicted molar refractivity (Wildman–Crippen MR) is 173 cm³/mol. The maximum absolute atomic E-state index is 13.7. The Morgan fingerprint density at radius 3 is 2.57 bits per heavy atom. The molecular weight excluding hydrogens is 554 g/mol. The maximum atomic E-state index is 13.7. The fraction of sp³-hybridized carbons (Fsp3) is 0.514. The largest absolute Gasteiger partial charge is 0.497 e. The van der Waals surface area contributed by atoms with E-state index < -0.39 is 18.1 Å². The molecule has 1 fully saturated rings. The number of aromatic nitrogens is 2. The minimum atomic E-state index is -0.878. The maximum Gasteiger partial charge on any atom is 0.272 e. The second kappa shape index (κ2) is 16.4. The van der Waals surface area contributed by atoms with Crippen LogP contribution in [0, 0.1) is 0 Å². The van der Waals surface area contributed by atoms with E-state index in [2.05, 4.69) is 29.6 Å². The van der Waals surface area contributed by atoms with Gasteiger partial charge < -0.3 is 25.4 Å². The Bertz CT molecular complexity index is 1340. The van der Waals surface area contributed by atoms with Crippen LogP contribution in [0.1, 0.15) is 97.4 Å². The van der Waals surface area contributed by atoms with E-state index in [-0.39, 0.29) is 30.2 Å². The quantitative estimate of drug-likeness (QED) is 0.222. The molecule has 0 aliphatic carbocycles. The number of aryl methyl sites for hydroxylation is 1. The number of aliphatic hydroxyl groups is 1. The number of likely N-dealkylation sites (tertiary alicyclic amines) is 1. The molecule has 2 amide bonds. The number of nitrogens with zero attached hydrogens (tertiary/aromatic N) is 3. The van der Waals surface area contributed by atoms with Crippen LogP contribution in [0.15, 0.2) is 60.7 Å². The number of ether oxygens (including phenoxy) is 1. The fourth-order valence-electron chi connectivity index (χ4n) is 6.14. The minimum absolute atomic E-state index is 0.00738. The first-order valence-corrected chi connectivity index (χ1v) is 16.2. The molecule has 1 unspecified atom stereocenters. The van der Waals surface area contributed by atoms with E-state index in [1.54, 1.807) is 17.9 Å². The Morgan fingerprint density at radius 2 is 1.86 bits per heavy atom. The summed E-state index contributed by atoms with van der Waals surface area (Å²) >= 11 is 0. The summed E-state index contributed by atoms with van der Waals surface area (Å²) in [5.74, 6) is 0.308. The van der Waals surface area contributed by atoms with Gasteiger partial charge in [-0.25, -0.2) is 0 Å². The van der Waals surface area contributed by atoms with Crippen molar-refractivity contribution in [2.75, 3.05) is 20.2 Å². The lowest BCUT2D eigenvalue weighted by atomic mass is 9.98. The van der Waals surface area contributed by atoms with Crippen molar-refractivity contribution < 1.29 is 19.4 Å². The number of hydrogen-bond acceptors (Lipinski definition) is 6. The molecule has 9 heteroatoms. The van der Waals surface area contributed by atoms with Crippen LogP contribution in [-0.2, 0) is 13.0 Å². The van der Waals surface area contributed by atoms with Gasteiger partial charge in [-0.3, -0.25) is 14.3 Å². The van der Waals surface area contributed by atoms with Crippen molar-refractivity contribution in [3.63, 3.8) is 0 Å². The molecule has 2 aromatic carbocycles. The number of hydrogen-bond donors (Lipinski definition) is 3. The molecule has 1 aromatic heterocycles. The third-order valence-electron chi connectivity index (χ3n) is 8.60. The molecule has 0 spiro atoms. The summed E-state index contributed by atoms with van der Waals surface area (Å²) in [4.78, 5) is 29.3. The standard InChI is InChI=1S/C35H49N5O4/c1-5-14-27-18-11-12-20-39(27)35(43)32-23-31(38-40(32)7-3)34(42)37-30(21-25-15-9-8-10-16-25)33(41)24-36-29(6-2)26-17-13-19-28(22-26)44-4/h8-10,13,15-17,19,22-23,27,29-30,33,36,41H,5-7,11-12,14,18,20-21,24H2,1-4H3,(H,37,42)/t27?,29-,30-,33-/m0/s1. The average Bonchev–Trinajstić information content (AvgIpc) is 3.50. The highest BCUT2D eigenvalue weighted by Gasteiger charge is 2.31. The van der Waals surface area contributed by atoms with Gasteiger partial charge in [-0.1, -0.05) is 62.7 Å². The van der Waals surface area contributed by atoms with Crippen LogP contribution in [0.2, 0.25) is 0 Å². The van der Waals surface area contributed by atoms with Gasteiger partial charge in [0.1, 0.15) is 11.4 Å². The highest BCUT2D eigenvalue weighted by Crippen LogP contribution is 2.24. The van der Waals surface area contributed by atoms with Gasteiger partial charge in [0.05, 0.1) is 19.3 Å². The molecule has 4 rings (SSSR count). The monoisotopic (exact) mass is 603 g/mol. The van der Waals surface area contributed by atoms with Crippen LogP contribution in [0.5, 0.6) is 5.75 Å². The first kappa shape index (κ1) is 33.2. The molecule has 1 aliphatic heterocycles. The molecular formula is C35H49N5O4. The van der Waals surface area contributed by atoms with Crippen LogP contribution in [0.3, 0.4) is 0 Å². The predicted octanol–water partition coefficient (Wildman–Crippen LogP) is 5.15. The topological polar surface area (TPSA) is 109 Å². The molecule has 9 nitrogen and oxygen atoms in total. The average molecular weight is 604 g/mol. The zero-order chi connectivity index (χ0) is 31.5. The molecule has 0 saturated carbocycles. The van der Waals surface area contributed by atoms with Crippen LogP contribution in [0.4, 0.5) is 0 Å². The molecule has 0 radical (unpaired) electrons. The van der Waals surface area contributed by atoms with Gasteiger partial charge in [0, 0.05) is 37.8 Å². The number of amides is 2. The zero-order valence-electron chi connectivity index (χ0n) is 26.7. The van der Waals surface area contributed by atoms with Crippen molar-refractivity contribution in [1.29, 1.82) is 0 Å². The van der Waals surface area contributed by atoms with Crippen LogP contribution in [0.25, 0.3) is 0 Å². The summed E-state index contributed by atoms with van der Waals surface area (Å²) in [6.45, 7) is 7.63. The highest BCUT2D eigenvalue weighted by atomic mass is 16.5. The summed E-state index contributed by atoms with van der Waals surface area (Å²) in [5.41, 5.74) is 2.69. The Morgan fingerprint density at radius 1 is 1.07 bits per heavy atom. The van der Waals surface area contributed by atoms with E-state index in [9.17, 15) is 14.7 Å². The van der Waals surface area contributed by atoms with E-state index in [1.165, 1.54) is 0 Å². The van der Waals surface area contributed by atoms with Crippen molar-refractivity contribution in [3.8, 4) is 5.75 Å². The van der Waals surface area contributed by atoms with Gasteiger partial charge >= 0.3 is 0 Å². The van der Waals surface area contributed by atoms with E-state index >= 15 is 0 Å². The molecule has 238 valence electrons. The van der Waals surface area contributed by atoms with Gasteiger partial charge in [-0.15, -0.1) is 0 Å². The van der Waals surface area contributed by atoms with Crippen molar-refractivity contribution in [1.82, 2.24) is 25.3 Å². The minimum Gasteiger partial charge on any atom is -0.497 e. The van der Waals surface area contributed by atoms with Gasteiger partial charge in [0.2, 0.25) is 0 Å². The number of carbonyl (C=O) groups excluding carboxylic acids is 2. The molecule has 44 heavy (non-hydrogen) atoms. The van der Waals surface area contributed by atoms with Crippen molar-refractivity contribution in [3.05, 3.63) is 83.2 Å². The number of rotatable bonds is 15. The van der Waals surface area contributed by atoms with Gasteiger partial charge in [0.15, 0.2) is 5.69 Å². The third kappa shape index (κ3) is 8.48. The Kier molecular flexibility index (Phi) is 12.4. The number of nitrogens with one attached hydrogen (secondary N) is 2. The van der Waals surface area contributed by atoms with Crippen LogP contribution < -0.4 is 15.4 Å². The first-order valence-electron chi connectivity index (χ1n) is 16.2. The van der Waals surface area contributed by atoms with E-state index in [1.807, 2.05) is 66.4 Å². The number of benzene rings is 2. The van der Waals surface area contributed by atoms with Crippen LogP contribution >= 0.6 is 0 Å². The molecule has 0 bridgehead atoms. The number of methoxy groups -OCH3 is 1. The normalized spacial score (nSPS) is 17.1. The molecule has 1 saturated heterocycles. The highest BCUT2D eigenvalue weighted by molar-refractivity contribution is 5.98. The Labute approximate surface area is 262 Å². The summed E-state index contributed by atoms with van der Waals surface area (Å²) < 4.78 is 7.02. The first-order chi connectivity index (χ1) is 21.4. The smallest absolute Gasteiger partial charge is 0.272 e. The summed E-state index contributed by atoms with van der Waals surface area (Å²) in [6.07, 6.45) is 5.51. The lowest BCUT2D eigenvalue weighted by Crippen LogP contribution is -2.49. The van der Waals surface area contributed by atoms with Crippen molar-refractivity contribution in [2.45, 2.75) is 96.5 Å². The molecule has 2 heterocycles. The molecule has 3 N–H and O–H groups in total.